The van der Waals surface area contributed by atoms with Gasteiger partial charge in [-0.05, 0) is 43.4 Å². The summed E-state index contributed by atoms with van der Waals surface area (Å²) >= 11 is 7.81. The van der Waals surface area contributed by atoms with Crippen molar-refractivity contribution in [3.05, 3.63) is 64.7 Å². The first-order chi connectivity index (χ1) is 21.6. The van der Waals surface area contributed by atoms with Crippen LogP contribution in [-0.2, 0) is 0 Å². The summed E-state index contributed by atoms with van der Waals surface area (Å²) in [6.07, 6.45) is 3.69. The van der Waals surface area contributed by atoms with Crippen LogP contribution in [-0.4, -0.2) is 65.3 Å². The minimum Gasteiger partial charge on any atom is -0.461 e. The molecule has 4 saturated heterocycles. The number of aromatic nitrogens is 2. The molecule has 2 aromatic heterocycles. The molecule has 2 aromatic carbocycles. The first kappa shape index (κ1) is 28.6. The van der Waals surface area contributed by atoms with Gasteiger partial charge in [0.25, 0.3) is 0 Å². The number of anilines is 2. The summed E-state index contributed by atoms with van der Waals surface area (Å²) in [4.78, 5) is 14.0. The second-order valence-electron chi connectivity index (χ2n) is 12.8. The Morgan fingerprint density at radius 1 is 1.16 bits per heavy atom. The molecule has 2 bridgehead atoms. The topological polar surface area (TPSA) is 103 Å². The smallest absolute Gasteiger partial charge is 0.319 e. The summed E-state index contributed by atoms with van der Waals surface area (Å²) in [5.74, 6) is -0.687. The molecular formula is C33H30ClF2N7OS. The van der Waals surface area contributed by atoms with Crippen LogP contribution in [0.4, 0.5) is 19.6 Å². The molecule has 6 heterocycles. The third-order valence-corrected chi connectivity index (χ3v) is 11.0. The molecule has 4 aliphatic rings. The zero-order chi connectivity index (χ0) is 31.2. The lowest BCUT2D eigenvalue weighted by molar-refractivity contribution is 0.108. The Labute approximate surface area is 267 Å². The lowest BCUT2D eigenvalue weighted by atomic mass is 9.92. The van der Waals surface area contributed by atoms with Crippen molar-refractivity contribution in [2.75, 3.05) is 43.4 Å². The zero-order valence-corrected chi connectivity index (χ0v) is 26.0. The zero-order valence-electron chi connectivity index (χ0n) is 24.4. The van der Waals surface area contributed by atoms with Gasteiger partial charge in [-0.2, -0.15) is 15.2 Å². The largest absolute Gasteiger partial charge is 0.461 e. The van der Waals surface area contributed by atoms with Crippen molar-refractivity contribution in [1.29, 1.82) is 5.26 Å². The van der Waals surface area contributed by atoms with Crippen molar-refractivity contribution in [2.45, 2.75) is 43.3 Å². The molecule has 0 spiro atoms. The Balaban J connectivity index is 1.29. The van der Waals surface area contributed by atoms with Gasteiger partial charge in [0.15, 0.2) is 5.82 Å². The molecule has 230 valence electrons. The third-order valence-electron chi connectivity index (χ3n) is 9.69. The van der Waals surface area contributed by atoms with E-state index in [4.69, 9.17) is 27.1 Å². The maximum atomic E-state index is 16.9. The summed E-state index contributed by atoms with van der Waals surface area (Å²) in [5.41, 5.74) is 8.50. The number of ether oxygens (including phenoxy) is 1. The van der Waals surface area contributed by atoms with Crippen LogP contribution in [0, 0.1) is 23.0 Å². The fraction of sp³-hybridized carbons (Fsp3) is 0.364. The number of nitrogens with zero attached hydrogens (tertiary/aromatic N) is 5. The Kier molecular flexibility index (Phi) is 6.59. The molecule has 0 saturated carbocycles. The highest BCUT2D eigenvalue weighted by Crippen LogP contribution is 2.47. The van der Waals surface area contributed by atoms with E-state index in [1.54, 1.807) is 6.07 Å². The van der Waals surface area contributed by atoms with Crippen LogP contribution < -0.4 is 20.7 Å². The Morgan fingerprint density at radius 3 is 2.56 bits per heavy atom. The van der Waals surface area contributed by atoms with Crippen molar-refractivity contribution in [3.63, 3.8) is 0 Å². The lowest BCUT2D eigenvalue weighted by Gasteiger charge is -2.34. The van der Waals surface area contributed by atoms with Crippen molar-refractivity contribution in [3.8, 4) is 23.2 Å². The number of nitrogens with two attached hydrogens (primary N) is 1. The summed E-state index contributed by atoms with van der Waals surface area (Å²) in [5, 5.41) is 14.4. The van der Waals surface area contributed by atoms with Gasteiger partial charge in [-0.15, -0.1) is 11.3 Å². The molecule has 0 unspecified atom stereocenters. The van der Waals surface area contributed by atoms with E-state index >= 15 is 4.39 Å². The number of hydrogen-bond donors (Lipinski definition) is 2. The van der Waals surface area contributed by atoms with Gasteiger partial charge in [-0.25, -0.2) is 8.78 Å². The number of benzene rings is 2. The summed E-state index contributed by atoms with van der Waals surface area (Å²) in [7, 11) is 0. The second-order valence-corrected chi connectivity index (χ2v) is 14.3. The Bertz CT molecular complexity index is 1970. The predicted molar refractivity (Wildman–Crippen MR) is 174 cm³/mol. The van der Waals surface area contributed by atoms with Crippen molar-refractivity contribution in [1.82, 2.24) is 20.2 Å². The van der Waals surface area contributed by atoms with Gasteiger partial charge in [-0.3, -0.25) is 4.90 Å². The van der Waals surface area contributed by atoms with Crippen LogP contribution in [0.2, 0.25) is 5.02 Å². The standard InChI is InChI=1S/C33H30ClF2N7OS/c1-16-8-33(9-17(2)12-43(33)11-16)15-44-32-40-28-21(31(41-32)42-13-18-3-4-19(14-42)39-18)7-23(34)26(27(28)36)20-5-6-24(35)29-25(20)22(10-37)30(38)45-29/h5-7,18-19,39H,1-4,8-9,11-15,38H2/t18-,19+. The van der Waals surface area contributed by atoms with E-state index in [1.807, 2.05) is 0 Å². The third kappa shape index (κ3) is 4.49. The number of rotatable bonds is 5. The van der Waals surface area contributed by atoms with Crippen molar-refractivity contribution in [2.24, 2.45) is 0 Å². The monoisotopic (exact) mass is 645 g/mol. The molecule has 2 atom stereocenters. The van der Waals surface area contributed by atoms with E-state index in [9.17, 15) is 9.65 Å². The maximum absolute atomic E-state index is 16.9. The highest BCUT2D eigenvalue weighted by molar-refractivity contribution is 7.23. The normalized spacial score (nSPS) is 22.5. The van der Waals surface area contributed by atoms with Crippen LogP contribution >= 0.6 is 22.9 Å². The number of halogens is 3. The van der Waals surface area contributed by atoms with E-state index in [1.165, 1.54) is 12.1 Å². The highest BCUT2D eigenvalue weighted by Gasteiger charge is 2.48. The fourth-order valence-corrected chi connectivity index (χ4v) is 9.09. The number of hydrogen-bond acceptors (Lipinski definition) is 9. The number of fused-ring (bicyclic) bond motifs is 5. The lowest BCUT2D eigenvalue weighted by Crippen LogP contribution is -2.51. The molecule has 0 aliphatic carbocycles. The highest BCUT2D eigenvalue weighted by atomic mass is 35.5. The summed E-state index contributed by atoms with van der Waals surface area (Å²) in [6.45, 7) is 11.7. The average molecular weight is 646 g/mol. The van der Waals surface area contributed by atoms with E-state index in [2.05, 4.69) is 39.3 Å². The Morgan fingerprint density at radius 2 is 1.87 bits per heavy atom. The number of nitrogens with one attached hydrogen (secondary N) is 1. The number of piperazine rings is 1. The van der Waals surface area contributed by atoms with E-state index in [0.29, 0.717) is 43.0 Å². The SMILES string of the molecule is C=C1CN2CC(=C)CC2(COc2nc(N3C[C@H]4CC[C@@H](C3)N4)c3cc(Cl)c(-c4ccc(F)c5sc(N)c(C#N)c45)c(F)c3n2)C1. The minimum absolute atomic E-state index is 0.0170. The molecule has 4 fully saturated rings. The van der Waals surface area contributed by atoms with Crippen LogP contribution in [0.25, 0.3) is 32.1 Å². The van der Waals surface area contributed by atoms with Gasteiger partial charge in [0.2, 0.25) is 0 Å². The molecule has 8 rings (SSSR count). The van der Waals surface area contributed by atoms with Crippen LogP contribution in [0.1, 0.15) is 31.2 Å². The van der Waals surface area contributed by atoms with Gasteiger partial charge < -0.3 is 20.7 Å². The quantitative estimate of drug-likeness (QED) is 0.248. The van der Waals surface area contributed by atoms with Gasteiger partial charge in [-0.1, -0.05) is 42.0 Å². The summed E-state index contributed by atoms with van der Waals surface area (Å²) in [6, 6.07) is 7.07. The van der Waals surface area contributed by atoms with Gasteiger partial charge in [0.05, 0.1) is 20.8 Å². The molecule has 3 N–H and O–H groups in total. The van der Waals surface area contributed by atoms with Crippen LogP contribution in [0.15, 0.2) is 42.5 Å². The second kappa shape index (κ2) is 10.4. The Hall–Kier alpha value is -3.82. The molecule has 0 amide bonds. The van der Waals surface area contributed by atoms with E-state index in [0.717, 1.165) is 61.3 Å². The fourth-order valence-electron chi connectivity index (χ4n) is 7.84. The van der Waals surface area contributed by atoms with Crippen LogP contribution in [0.5, 0.6) is 6.01 Å². The van der Waals surface area contributed by atoms with Gasteiger partial charge >= 0.3 is 6.01 Å². The molecule has 4 aliphatic heterocycles. The number of nitrogen functional groups attached to an aromatic ring is 1. The van der Waals surface area contributed by atoms with Gasteiger partial charge in [0, 0.05) is 54.6 Å². The number of nitriles is 1. The van der Waals surface area contributed by atoms with E-state index in [-0.39, 0.29) is 53.9 Å². The molecule has 0 radical (unpaired) electrons. The maximum Gasteiger partial charge on any atom is 0.319 e. The number of thiophene rings is 1. The average Bonchev–Trinajstić information content (AvgIpc) is 3.70. The molecule has 4 aromatic rings. The molecule has 45 heavy (non-hydrogen) atoms. The predicted octanol–water partition coefficient (Wildman–Crippen LogP) is 6.18. The molecule has 12 heteroatoms. The molecular weight excluding hydrogens is 616 g/mol. The first-order valence-corrected chi connectivity index (χ1v) is 16.2. The van der Waals surface area contributed by atoms with Gasteiger partial charge in [0.1, 0.15) is 34.8 Å². The minimum atomic E-state index is -0.700. The first-order valence-electron chi connectivity index (χ1n) is 15.0. The van der Waals surface area contributed by atoms with Crippen molar-refractivity contribution >= 4 is 54.7 Å². The molecule has 8 nitrogen and oxygen atoms in total. The van der Waals surface area contributed by atoms with Crippen LogP contribution in [0.3, 0.4) is 0 Å². The van der Waals surface area contributed by atoms with Crippen molar-refractivity contribution < 1.29 is 13.5 Å². The summed E-state index contributed by atoms with van der Waals surface area (Å²) < 4.78 is 38.3. The van der Waals surface area contributed by atoms with E-state index < -0.39 is 11.6 Å².